The summed E-state index contributed by atoms with van der Waals surface area (Å²) < 4.78 is 2.01. The molecule has 0 radical (unpaired) electrons. The predicted octanol–water partition coefficient (Wildman–Crippen LogP) is 2.38. The molecule has 4 nitrogen and oxygen atoms in total. The van der Waals surface area contributed by atoms with Crippen LogP contribution in [0.4, 0.5) is 0 Å². The van der Waals surface area contributed by atoms with Crippen molar-refractivity contribution in [2.24, 2.45) is 0 Å². The number of H-pyrrole nitrogens is 1. The van der Waals surface area contributed by atoms with Gasteiger partial charge in [0.15, 0.2) is 0 Å². The predicted molar refractivity (Wildman–Crippen MR) is 78.5 cm³/mol. The number of carbonyl (C=O) groups excluding carboxylic acids is 1. The van der Waals surface area contributed by atoms with Crippen LogP contribution in [0, 0.1) is 0 Å². The summed E-state index contributed by atoms with van der Waals surface area (Å²) in [6.07, 6.45) is 1.48. The van der Waals surface area contributed by atoms with Crippen LogP contribution in [0.15, 0.2) is 9.08 Å². The van der Waals surface area contributed by atoms with E-state index in [0.29, 0.717) is 13.0 Å². The number of hydrogen-bond donors (Lipinski definition) is 1. The molecule has 0 spiro atoms. The summed E-state index contributed by atoms with van der Waals surface area (Å²) in [4.78, 5) is 19.4. The van der Waals surface area contributed by atoms with Gasteiger partial charge in [-0.2, -0.15) is 0 Å². The Bertz CT molecular complexity index is 456. The molecule has 0 fully saturated rings. The van der Waals surface area contributed by atoms with Gasteiger partial charge in [-0.1, -0.05) is 0 Å². The molecule has 0 aliphatic carbocycles. The quantitative estimate of drug-likeness (QED) is 0.876. The maximum absolute atomic E-state index is 12.1. The molecule has 0 atom stereocenters. The van der Waals surface area contributed by atoms with Gasteiger partial charge in [0, 0.05) is 43.7 Å². The van der Waals surface area contributed by atoms with Crippen molar-refractivity contribution >= 4 is 37.8 Å². The van der Waals surface area contributed by atoms with Gasteiger partial charge in [0.05, 0.1) is 9.08 Å². The summed E-state index contributed by atoms with van der Waals surface area (Å²) in [5.74, 6) is 0.235. The van der Waals surface area contributed by atoms with E-state index < -0.39 is 0 Å². The second-order valence-corrected chi connectivity index (χ2v) is 6.41. The molecule has 1 aromatic rings. The van der Waals surface area contributed by atoms with Crippen molar-refractivity contribution in [2.75, 3.05) is 27.2 Å². The summed E-state index contributed by atoms with van der Waals surface area (Å²) in [5, 5.41) is 0. The van der Waals surface area contributed by atoms with Crippen molar-refractivity contribution in [3.8, 4) is 0 Å². The number of nitrogens with one attached hydrogen (secondary N) is 1. The van der Waals surface area contributed by atoms with Crippen LogP contribution in [-0.2, 0) is 17.8 Å². The Balaban J connectivity index is 2.03. The van der Waals surface area contributed by atoms with Gasteiger partial charge >= 0.3 is 0 Å². The lowest BCUT2D eigenvalue weighted by atomic mass is 10.1. The minimum absolute atomic E-state index is 0.235. The van der Waals surface area contributed by atoms with Crippen LogP contribution in [0.25, 0.3) is 0 Å². The lowest BCUT2D eigenvalue weighted by Gasteiger charge is -2.27. The highest BCUT2D eigenvalue weighted by molar-refractivity contribution is 9.13. The first-order chi connectivity index (χ1) is 8.49. The molecule has 1 aliphatic heterocycles. The fraction of sp³-hybridized carbons (Fsp3) is 0.583. The topological polar surface area (TPSA) is 39.3 Å². The molecule has 2 rings (SSSR count). The number of hydrogen-bond acceptors (Lipinski definition) is 2. The Morgan fingerprint density at radius 1 is 1.44 bits per heavy atom. The van der Waals surface area contributed by atoms with Crippen LogP contribution in [0.3, 0.4) is 0 Å². The third-order valence-electron chi connectivity index (χ3n) is 3.19. The molecule has 6 heteroatoms. The highest BCUT2D eigenvalue weighted by atomic mass is 79.9. The smallest absolute Gasteiger partial charge is 0.224 e. The zero-order chi connectivity index (χ0) is 13.3. The fourth-order valence-electron chi connectivity index (χ4n) is 2.11. The van der Waals surface area contributed by atoms with E-state index in [1.54, 1.807) is 0 Å². The zero-order valence-corrected chi connectivity index (χ0v) is 13.8. The maximum atomic E-state index is 12.1. The summed E-state index contributed by atoms with van der Waals surface area (Å²) in [5.41, 5.74) is 2.43. The number of aromatic nitrogens is 1. The second-order valence-electron chi connectivity index (χ2n) is 4.83. The molecule has 0 aromatic carbocycles. The van der Waals surface area contributed by atoms with Crippen molar-refractivity contribution in [3.05, 3.63) is 20.3 Å². The molecule has 0 saturated carbocycles. The van der Waals surface area contributed by atoms with E-state index in [0.717, 1.165) is 28.6 Å². The van der Waals surface area contributed by atoms with Crippen LogP contribution in [0.2, 0.25) is 0 Å². The highest BCUT2D eigenvalue weighted by Gasteiger charge is 2.24. The molecule has 1 N–H and O–H groups in total. The Hall–Kier alpha value is -0.330. The third kappa shape index (κ3) is 2.97. The largest absolute Gasteiger partial charge is 0.352 e. The number of halogens is 2. The van der Waals surface area contributed by atoms with Crippen LogP contribution in [0.1, 0.15) is 17.7 Å². The second kappa shape index (κ2) is 5.75. The maximum Gasteiger partial charge on any atom is 0.224 e. The first-order valence-electron chi connectivity index (χ1n) is 5.96. The molecule has 18 heavy (non-hydrogen) atoms. The normalized spacial score (nSPS) is 15.1. The van der Waals surface area contributed by atoms with Crippen LogP contribution in [0.5, 0.6) is 0 Å². The molecular weight excluding hydrogens is 362 g/mol. The van der Waals surface area contributed by atoms with E-state index >= 15 is 0 Å². The number of nitrogens with zero attached hydrogens (tertiary/aromatic N) is 2. The summed E-state index contributed by atoms with van der Waals surface area (Å²) in [6.45, 7) is 2.31. The number of rotatable bonds is 3. The van der Waals surface area contributed by atoms with Crippen molar-refractivity contribution in [1.29, 1.82) is 0 Å². The minimum atomic E-state index is 0.235. The van der Waals surface area contributed by atoms with E-state index in [2.05, 4.69) is 36.8 Å². The third-order valence-corrected chi connectivity index (χ3v) is 5.19. The van der Waals surface area contributed by atoms with Crippen molar-refractivity contribution in [3.63, 3.8) is 0 Å². The average molecular weight is 379 g/mol. The zero-order valence-electron chi connectivity index (χ0n) is 10.6. The Kier molecular flexibility index (Phi) is 4.50. The van der Waals surface area contributed by atoms with E-state index in [-0.39, 0.29) is 5.91 Å². The monoisotopic (exact) mass is 377 g/mol. The summed E-state index contributed by atoms with van der Waals surface area (Å²) in [7, 11) is 3.98. The first kappa shape index (κ1) is 14.1. The standard InChI is InChI=1S/C12H17Br2N3O/c1-16(2)5-4-10(18)17-6-3-9-8(7-17)11(13)12(14)15-9/h15H,3-7H2,1-2H3. The molecule has 100 valence electrons. The average Bonchev–Trinajstić information content (AvgIpc) is 2.62. The number of aromatic amines is 1. The minimum Gasteiger partial charge on any atom is -0.352 e. The molecule has 0 bridgehead atoms. The molecule has 1 amide bonds. The molecule has 0 saturated heterocycles. The Morgan fingerprint density at radius 3 is 2.83 bits per heavy atom. The summed E-state index contributed by atoms with van der Waals surface area (Å²) >= 11 is 7.02. The van der Waals surface area contributed by atoms with Gasteiger partial charge in [-0.05, 0) is 46.0 Å². The van der Waals surface area contributed by atoms with Gasteiger partial charge in [0.25, 0.3) is 0 Å². The lowest BCUT2D eigenvalue weighted by molar-refractivity contribution is -0.132. The molecule has 2 heterocycles. The van der Waals surface area contributed by atoms with Crippen LogP contribution < -0.4 is 0 Å². The van der Waals surface area contributed by atoms with Gasteiger partial charge < -0.3 is 14.8 Å². The van der Waals surface area contributed by atoms with Gasteiger partial charge in [-0.15, -0.1) is 0 Å². The Labute approximate surface area is 124 Å². The van der Waals surface area contributed by atoms with Gasteiger partial charge in [-0.25, -0.2) is 0 Å². The fourth-order valence-corrected chi connectivity index (χ4v) is 3.06. The van der Waals surface area contributed by atoms with Gasteiger partial charge in [0.1, 0.15) is 0 Å². The number of carbonyl (C=O) groups is 1. The van der Waals surface area contributed by atoms with Crippen LogP contribution in [-0.4, -0.2) is 47.9 Å². The van der Waals surface area contributed by atoms with Crippen molar-refractivity contribution < 1.29 is 4.79 Å². The van der Waals surface area contributed by atoms with E-state index in [1.807, 2.05) is 23.9 Å². The van der Waals surface area contributed by atoms with Crippen molar-refractivity contribution in [2.45, 2.75) is 19.4 Å². The summed E-state index contributed by atoms with van der Waals surface area (Å²) in [6, 6.07) is 0. The molecule has 1 aliphatic rings. The van der Waals surface area contributed by atoms with Crippen molar-refractivity contribution in [1.82, 2.24) is 14.8 Å². The van der Waals surface area contributed by atoms with Crippen LogP contribution >= 0.6 is 31.9 Å². The highest BCUT2D eigenvalue weighted by Crippen LogP contribution is 2.33. The van der Waals surface area contributed by atoms with E-state index in [4.69, 9.17) is 0 Å². The number of fused-ring (bicyclic) bond motifs is 1. The van der Waals surface area contributed by atoms with E-state index in [9.17, 15) is 4.79 Å². The molecular formula is C12H17Br2N3O. The number of amides is 1. The van der Waals surface area contributed by atoms with Gasteiger partial charge in [0.2, 0.25) is 5.91 Å². The lowest BCUT2D eigenvalue weighted by Crippen LogP contribution is -2.37. The Morgan fingerprint density at radius 2 is 2.17 bits per heavy atom. The SMILES string of the molecule is CN(C)CCC(=O)N1CCc2[nH]c(Br)c(Br)c2C1. The first-order valence-corrected chi connectivity index (χ1v) is 7.55. The molecule has 1 aromatic heterocycles. The van der Waals surface area contributed by atoms with Gasteiger partial charge in [-0.3, -0.25) is 4.79 Å². The van der Waals surface area contributed by atoms with E-state index in [1.165, 1.54) is 11.3 Å². The molecule has 0 unspecified atom stereocenters.